The second-order valence-corrected chi connectivity index (χ2v) is 5.90. The molecular formula is C14H13NO3S. The van der Waals surface area contributed by atoms with Crippen LogP contribution in [0.15, 0.2) is 54.6 Å². The first-order valence-corrected chi connectivity index (χ1v) is 7.52. The number of benzene rings is 2. The molecule has 0 bridgehead atoms. The topological polar surface area (TPSA) is 63.2 Å². The van der Waals surface area contributed by atoms with Gasteiger partial charge in [0, 0.05) is 16.8 Å². The first-order valence-electron chi connectivity index (χ1n) is 5.63. The minimum Gasteiger partial charge on any atom is -0.289 e. The number of anilines is 1. The summed E-state index contributed by atoms with van der Waals surface area (Å²) in [5, 5.41) is 0. The SMILES string of the molecule is CS(=O)(=O)Nc1ccc(C(=O)c2ccccc2)cc1. The minimum absolute atomic E-state index is 0.0912. The average molecular weight is 275 g/mol. The molecule has 4 nitrogen and oxygen atoms in total. The lowest BCUT2D eigenvalue weighted by Crippen LogP contribution is -2.09. The molecule has 0 radical (unpaired) electrons. The van der Waals surface area contributed by atoms with Crippen molar-refractivity contribution in [1.82, 2.24) is 0 Å². The van der Waals surface area contributed by atoms with Gasteiger partial charge in [0.05, 0.1) is 6.26 Å². The second-order valence-electron chi connectivity index (χ2n) is 4.15. The van der Waals surface area contributed by atoms with Gasteiger partial charge in [-0.1, -0.05) is 30.3 Å². The van der Waals surface area contributed by atoms with Crippen LogP contribution in [0.2, 0.25) is 0 Å². The molecule has 2 aromatic rings. The van der Waals surface area contributed by atoms with E-state index in [9.17, 15) is 13.2 Å². The lowest BCUT2D eigenvalue weighted by Gasteiger charge is -2.05. The van der Waals surface area contributed by atoms with Crippen molar-refractivity contribution in [1.29, 1.82) is 0 Å². The quantitative estimate of drug-likeness (QED) is 0.871. The molecule has 2 rings (SSSR count). The monoisotopic (exact) mass is 275 g/mol. The van der Waals surface area contributed by atoms with Crippen LogP contribution in [-0.4, -0.2) is 20.5 Å². The summed E-state index contributed by atoms with van der Waals surface area (Å²) in [4.78, 5) is 12.1. The van der Waals surface area contributed by atoms with Gasteiger partial charge in [-0.15, -0.1) is 0 Å². The Morgan fingerprint density at radius 3 is 1.95 bits per heavy atom. The fraction of sp³-hybridized carbons (Fsp3) is 0.0714. The number of ketones is 1. The molecule has 0 aliphatic rings. The highest BCUT2D eigenvalue weighted by molar-refractivity contribution is 7.92. The Bertz CT molecular complexity index is 676. The van der Waals surface area contributed by atoms with E-state index in [0.29, 0.717) is 16.8 Å². The van der Waals surface area contributed by atoms with Crippen molar-refractivity contribution in [3.05, 3.63) is 65.7 Å². The molecule has 0 heterocycles. The number of nitrogens with one attached hydrogen (secondary N) is 1. The lowest BCUT2D eigenvalue weighted by molar-refractivity contribution is 0.103. The Balaban J connectivity index is 2.22. The first-order chi connectivity index (χ1) is 8.96. The van der Waals surface area contributed by atoms with Crippen LogP contribution in [0.25, 0.3) is 0 Å². The zero-order valence-corrected chi connectivity index (χ0v) is 11.1. The molecule has 0 aromatic heterocycles. The zero-order chi connectivity index (χ0) is 13.9. The van der Waals surface area contributed by atoms with Crippen molar-refractivity contribution in [3.8, 4) is 0 Å². The number of hydrogen-bond donors (Lipinski definition) is 1. The van der Waals surface area contributed by atoms with Crippen molar-refractivity contribution < 1.29 is 13.2 Å². The van der Waals surface area contributed by atoms with Crippen LogP contribution in [0.5, 0.6) is 0 Å². The van der Waals surface area contributed by atoms with E-state index in [4.69, 9.17) is 0 Å². The summed E-state index contributed by atoms with van der Waals surface area (Å²) in [5.74, 6) is -0.0912. The average Bonchev–Trinajstić information content (AvgIpc) is 2.38. The van der Waals surface area contributed by atoms with E-state index >= 15 is 0 Å². The zero-order valence-electron chi connectivity index (χ0n) is 10.3. The van der Waals surface area contributed by atoms with Crippen LogP contribution in [-0.2, 0) is 10.0 Å². The highest BCUT2D eigenvalue weighted by Gasteiger charge is 2.08. The molecule has 0 saturated heterocycles. The summed E-state index contributed by atoms with van der Waals surface area (Å²) in [6, 6.07) is 15.3. The van der Waals surface area contributed by atoms with E-state index in [-0.39, 0.29) is 5.78 Å². The Morgan fingerprint density at radius 1 is 0.895 bits per heavy atom. The van der Waals surface area contributed by atoms with Crippen molar-refractivity contribution in [2.45, 2.75) is 0 Å². The van der Waals surface area contributed by atoms with E-state index in [2.05, 4.69) is 4.72 Å². The third kappa shape index (κ3) is 3.66. The van der Waals surface area contributed by atoms with Crippen LogP contribution in [0, 0.1) is 0 Å². The van der Waals surface area contributed by atoms with E-state index in [1.807, 2.05) is 6.07 Å². The van der Waals surface area contributed by atoms with Gasteiger partial charge < -0.3 is 0 Å². The number of hydrogen-bond acceptors (Lipinski definition) is 3. The largest absolute Gasteiger partial charge is 0.289 e. The normalized spacial score (nSPS) is 11.0. The van der Waals surface area contributed by atoms with Crippen molar-refractivity contribution >= 4 is 21.5 Å². The number of carbonyl (C=O) groups is 1. The van der Waals surface area contributed by atoms with Gasteiger partial charge in [0.25, 0.3) is 0 Å². The van der Waals surface area contributed by atoms with Crippen molar-refractivity contribution in [2.75, 3.05) is 11.0 Å². The Hall–Kier alpha value is -2.14. The van der Waals surface area contributed by atoms with Gasteiger partial charge in [-0.2, -0.15) is 0 Å². The molecule has 2 aromatic carbocycles. The van der Waals surface area contributed by atoms with Crippen LogP contribution in [0.4, 0.5) is 5.69 Å². The highest BCUT2D eigenvalue weighted by Crippen LogP contribution is 2.14. The van der Waals surface area contributed by atoms with E-state index < -0.39 is 10.0 Å². The molecule has 0 aliphatic heterocycles. The van der Waals surface area contributed by atoms with E-state index in [1.54, 1.807) is 48.5 Å². The third-order valence-electron chi connectivity index (χ3n) is 2.49. The minimum atomic E-state index is -3.30. The molecular weight excluding hydrogens is 262 g/mol. The number of carbonyl (C=O) groups excluding carboxylic acids is 1. The van der Waals surface area contributed by atoms with Crippen LogP contribution < -0.4 is 4.72 Å². The summed E-state index contributed by atoms with van der Waals surface area (Å²) in [6.07, 6.45) is 1.08. The molecule has 0 amide bonds. The van der Waals surface area contributed by atoms with Gasteiger partial charge in [0.1, 0.15) is 0 Å². The maximum absolute atomic E-state index is 12.1. The molecule has 0 aliphatic carbocycles. The van der Waals surface area contributed by atoms with Gasteiger partial charge in [-0.25, -0.2) is 8.42 Å². The maximum Gasteiger partial charge on any atom is 0.229 e. The first kappa shape index (κ1) is 13.3. The molecule has 0 spiro atoms. The van der Waals surface area contributed by atoms with Crippen LogP contribution in [0.1, 0.15) is 15.9 Å². The predicted molar refractivity (Wildman–Crippen MR) is 74.8 cm³/mol. The predicted octanol–water partition coefficient (Wildman–Crippen LogP) is 2.29. The second kappa shape index (κ2) is 5.24. The highest BCUT2D eigenvalue weighted by atomic mass is 32.2. The molecule has 0 atom stereocenters. The fourth-order valence-electron chi connectivity index (χ4n) is 1.66. The summed E-state index contributed by atoms with van der Waals surface area (Å²) < 4.78 is 24.5. The summed E-state index contributed by atoms with van der Waals surface area (Å²) in [7, 11) is -3.30. The molecule has 0 saturated carbocycles. The van der Waals surface area contributed by atoms with E-state index in [0.717, 1.165) is 6.26 Å². The molecule has 19 heavy (non-hydrogen) atoms. The third-order valence-corrected chi connectivity index (χ3v) is 3.09. The summed E-state index contributed by atoms with van der Waals surface area (Å²) in [6.45, 7) is 0. The maximum atomic E-state index is 12.1. The Morgan fingerprint density at radius 2 is 1.42 bits per heavy atom. The lowest BCUT2D eigenvalue weighted by atomic mass is 10.0. The molecule has 0 unspecified atom stereocenters. The molecule has 1 N–H and O–H groups in total. The van der Waals surface area contributed by atoms with Gasteiger partial charge in [-0.3, -0.25) is 9.52 Å². The van der Waals surface area contributed by atoms with Crippen molar-refractivity contribution in [2.24, 2.45) is 0 Å². The van der Waals surface area contributed by atoms with Crippen LogP contribution in [0.3, 0.4) is 0 Å². The summed E-state index contributed by atoms with van der Waals surface area (Å²) >= 11 is 0. The Labute approximate surface area is 112 Å². The Kier molecular flexibility index (Phi) is 3.66. The van der Waals surface area contributed by atoms with Gasteiger partial charge in [-0.05, 0) is 24.3 Å². The van der Waals surface area contributed by atoms with Crippen molar-refractivity contribution in [3.63, 3.8) is 0 Å². The smallest absolute Gasteiger partial charge is 0.229 e. The number of rotatable bonds is 4. The standard InChI is InChI=1S/C14H13NO3S/c1-19(17,18)15-13-9-7-12(8-10-13)14(16)11-5-3-2-4-6-11/h2-10,15H,1H3. The molecule has 0 fully saturated rings. The summed E-state index contributed by atoms with van der Waals surface area (Å²) in [5.41, 5.74) is 1.56. The van der Waals surface area contributed by atoms with E-state index in [1.165, 1.54) is 0 Å². The fourth-order valence-corrected chi connectivity index (χ4v) is 2.22. The van der Waals surface area contributed by atoms with Crippen LogP contribution >= 0.6 is 0 Å². The number of sulfonamides is 1. The van der Waals surface area contributed by atoms with Gasteiger partial charge in [0.2, 0.25) is 10.0 Å². The van der Waals surface area contributed by atoms with Gasteiger partial charge in [0.15, 0.2) is 5.78 Å². The molecule has 5 heteroatoms. The van der Waals surface area contributed by atoms with Gasteiger partial charge >= 0.3 is 0 Å². The molecule has 98 valence electrons.